The fourth-order valence-corrected chi connectivity index (χ4v) is 2.15. The van der Waals surface area contributed by atoms with Crippen molar-refractivity contribution in [1.82, 2.24) is 10.3 Å². The summed E-state index contributed by atoms with van der Waals surface area (Å²) in [5.41, 5.74) is 2.16. The van der Waals surface area contributed by atoms with E-state index in [0.29, 0.717) is 6.42 Å². The molecule has 0 aromatic heterocycles. The van der Waals surface area contributed by atoms with Gasteiger partial charge in [0.25, 0.3) is 0 Å². The first-order chi connectivity index (χ1) is 7.26. The lowest BCUT2D eigenvalue weighted by Crippen LogP contribution is -2.35. The second-order valence-electron chi connectivity index (χ2n) is 4.36. The smallest absolute Gasteiger partial charge is 0.233 e. The number of hydrazine groups is 1. The van der Waals surface area contributed by atoms with Crippen molar-refractivity contribution in [2.75, 3.05) is 19.6 Å². The minimum atomic E-state index is -0.0570. The van der Waals surface area contributed by atoms with E-state index in [1.807, 2.05) is 0 Å². The van der Waals surface area contributed by atoms with Crippen LogP contribution >= 0.6 is 0 Å². The van der Waals surface area contributed by atoms with E-state index in [9.17, 15) is 4.79 Å². The quantitative estimate of drug-likeness (QED) is 0.405. The van der Waals surface area contributed by atoms with Gasteiger partial charge in [0.1, 0.15) is 0 Å². The highest BCUT2D eigenvalue weighted by Crippen LogP contribution is 2.19. The van der Waals surface area contributed by atoms with Gasteiger partial charge in [-0.3, -0.25) is 10.2 Å². The second-order valence-corrected chi connectivity index (χ2v) is 4.36. The largest absolute Gasteiger partial charge is 0.303 e. The van der Waals surface area contributed by atoms with E-state index in [2.05, 4.69) is 17.2 Å². The van der Waals surface area contributed by atoms with Crippen LogP contribution in [0.15, 0.2) is 0 Å². The molecule has 1 fully saturated rings. The molecule has 1 rings (SSSR count). The number of carbonyl (C=O) groups excluding carboxylic acids is 1. The summed E-state index contributed by atoms with van der Waals surface area (Å²) in [7, 11) is 0. The van der Waals surface area contributed by atoms with Crippen molar-refractivity contribution >= 4 is 5.91 Å². The predicted octanol–water partition coefficient (Wildman–Crippen LogP) is 0.879. The number of nitrogens with two attached hydrogens (primary N) is 1. The molecule has 1 heterocycles. The fraction of sp³-hybridized carbons (Fsp3) is 0.909. The predicted molar refractivity (Wildman–Crippen MR) is 61.0 cm³/mol. The molecule has 0 unspecified atom stereocenters. The SMILES string of the molecule is CCC1CCN(CCCC(=O)NN)CC1. The van der Waals surface area contributed by atoms with Crippen LogP contribution in [0, 0.1) is 5.92 Å². The van der Waals surface area contributed by atoms with Crippen LogP contribution in [-0.4, -0.2) is 30.4 Å². The maximum atomic E-state index is 10.9. The molecule has 4 heteroatoms. The molecular formula is C11H23N3O. The Labute approximate surface area is 92.2 Å². The summed E-state index contributed by atoms with van der Waals surface area (Å²) in [6, 6.07) is 0. The molecule has 88 valence electrons. The Morgan fingerprint density at radius 3 is 2.67 bits per heavy atom. The lowest BCUT2D eigenvalue weighted by atomic mass is 9.94. The van der Waals surface area contributed by atoms with Gasteiger partial charge < -0.3 is 4.90 Å². The van der Waals surface area contributed by atoms with Gasteiger partial charge in [0.15, 0.2) is 0 Å². The van der Waals surface area contributed by atoms with Gasteiger partial charge in [0.05, 0.1) is 0 Å². The zero-order valence-electron chi connectivity index (χ0n) is 9.67. The van der Waals surface area contributed by atoms with Crippen LogP contribution in [0.25, 0.3) is 0 Å². The number of hydrogen-bond donors (Lipinski definition) is 2. The molecule has 0 aromatic carbocycles. The number of carbonyl (C=O) groups is 1. The summed E-state index contributed by atoms with van der Waals surface area (Å²) >= 11 is 0. The first-order valence-electron chi connectivity index (χ1n) is 5.98. The standard InChI is InChI=1S/C11H23N3O/c1-2-10-5-8-14(9-6-10)7-3-4-11(15)13-12/h10H,2-9,12H2,1H3,(H,13,15). The van der Waals surface area contributed by atoms with Crippen molar-refractivity contribution in [3.8, 4) is 0 Å². The minimum absolute atomic E-state index is 0.0570. The van der Waals surface area contributed by atoms with Crippen molar-refractivity contribution in [3.05, 3.63) is 0 Å². The van der Waals surface area contributed by atoms with Gasteiger partial charge in [-0.15, -0.1) is 0 Å². The molecule has 1 aliphatic rings. The molecule has 1 aliphatic heterocycles. The van der Waals surface area contributed by atoms with E-state index in [-0.39, 0.29) is 5.91 Å². The number of nitrogens with zero attached hydrogens (tertiary/aromatic N) is 1. The topological polar surface area (TPSA) is 58.4 Å². The van der Waals surface area contributed by atoms with Crippen LogP contribution in [0.2, 0.25) is 0 Å². The number of nitrogens with one attached hydrogen (secondary N) is 1. The Balaban J connectivity index is 2.06. The Morgan fingerprint density at radius 2 is 2.13 bits per heavy atom. The summed E-state index contributed by atoms with van der Waals surface area (Å²) in [5, 5.41) is 0. The molecule has 3 N–H and O–H groups in total. The van der Waals surface area contributed by atoms with Gasteiger partial charge in [-0.25, -0.2) is 5.84 Å². The molecule has 0 radical (unpaired) electrons. The Kier molecular flexibility index (Phi) is 5.65. The summed E-state index contributed by atoms with van der Waals surface area (Å²) < 4.78 is 0. The molecule has 1 saturated heterocycles. The summed E-state index contributed by atoms with van der Waals surface area (Å²) in [5.74, 6) is 5.88. The average Bonchev–Trinajstić information content (AvgIpc) is 2.29. The molecule has 15 heavy (non-hydrogen) atoms. The first kappa shape index (κ1) is 12.5. The third-order valence-electron chi connectivity index (χ3n) is 3.32. The maximum absolute atomic E-state index is 10.9. The van der Waals surface area contributed by atoms with Gasteiger partial charge in [0, 0.05) is 6.42 Å². The van der Waals surface area contributed by atoms with Crippen LogP contribution in [-0.2, 0) is 4.79 Å². The van der Waals surface area contributed by atoms with Gasteiger partial charge in [0.2, 0.25) is 5.91 Å². The monoisotopic (exact) mass is 213 g/mol. The van der Waals surface area contributed by atoms with Gasteiger partial charge in [-0.2, -0.15) is 0 Å². The van der Waals surface area contributed by atoms with Gasteiger partial charge >= 0.3 is 0 Å². The van der Waals surface area contributed by atoms with Crippen molar-refractivity contribution < 1.29 is 4.79 Å². The normalized spacial score (nSPS) is 19.1. The Bertz CT molecular complexity index is 188. The van der Waals surface area contributed by atoms with E-state index in [4.69, 9.17) is 5.84 Å². The Morgan fingerprint density at radius 1 is 1.47 bits per heavy atom. The van der Waals surface area contributed by atoms with Crippen molar-refractivity contribution in [1.29, 1.82) is 0 Å². The van der Waals surface area contributed by atoms with E-state index in [0.717, 1.165) is 18.9 Å². The molecule has 0 aliphatic carbocycles. The van der Waals surface area contributed by atoms with E-state index >= 15 is 0 Å². The highest BCUT2D eigenvalue weighted by molar-refractivity contribution is 5.75. The third kappa shape index (κ3) is 4.62. The minimum Gasteiger partial charge on any atom is -0.303 e. The van der Waals surface area contributed by atoms with Crippen molar-refractivity contribution in [2.45, 2.75) is 39.0 Å². The summed E-state index contributed by atoms with van der Waals surface area (Å²) in [6.07, 6.45) is 5.41. The molecule has 0 spiro atoms. The van der Waals surface area contributed by atoms with Gasteiger partial charge in [-0.05, 0) is 44.8 Å². The molecule has 0 aromatic rings. The maximum Gasteiger partial charge on any atom is 0.233 e. The third-order valence-corrected chi connectivity index (χ3v) is 3.32. The summed E-state index contributed by atoms with van der Waals surface area (Å²) in [6.45, 7) is 5.70. The molecular weight excluding hydrogens is 190 g/mol. The molecule has 0 bridgehead atoms. The van der Waals surface area contributed by atoms with Crippen LogP contribution in [0.1, 0.15) is 39.0 Å². The first-order valence-corrected chi connectivity index (χ1v) is 5.98. The molecule has 0 atom stereocenters. The average molecular weight is 213 g/mol. The molecule has 0 saturated carbocycles. The molecule has 4 nitrogen and oxygen atoms in total. The Hall–Kier alpha value is -0.610. The van der Waals surface area contributed by atoms with Crippen LogP contribution in [0.5, 0.6) is 0 Å². The zero-order chi connectivity index (χ0) is 11.1. The van der Waals surface area contributed by atoms with Crippen LogP contribution < -0.4 is 11.3 Å². The number of amides is 1. The lowest BCUT2D eigenvalue weighted by molar-refractivity contribution is -0.121. The van der Waals surface area contributed by atoms with Crippen molar-refractivity contribution in [3.63, 3.8) is 0 Å². The highest BCUT2D eigenvalue weighted by atomic mass is 16.2. The number of likely N-dealkylation sites (tertiary alicyclic amines) is 1. The zero-order valence-corrected chi connectivity index (χ0v) is 9.67. The number of hydrogen-bond acceptors (Lipinski definition) is 3. The van der Waals surface area contributed by atoms with Gasteiger partial charge in [-0.1, -0.05) is 13.3 Å². The highest BCUT2D eigenvalue weighted by Gasteiger charge is 2.17. The van der Waals surface area contributed by atoms with Crippen molar-refractivity contribution in [2.24, 2.45) is 11.8 Å². The fourth-order valence-electron chi connectivity index (χ4n) is 2.15. The van der Waals surface area contributed by atoms with E-state index < -0.39 is 0 Å². The second kappa shape index (κ2) is 6.80. The number of piperidine rings is 1. The summed E-state index contributed by atoms with van der Waals surface area (Å²) in [4.78, 5) is 13.4. The van der Waals surface area contributed by atoms with Crippen LogP contribution in [0.3, 0.4) is 0 Å². The van der Waals surface area contributed by atoms with E-state index in [1.54, 1.807) is 0 Å². The number of rotatable bonds is 5. The van der Waals surface area contributed by atoms with E-state index in [1.165, 1.54) is 32.4 Å². The lowest BCUT2D eigenvalue weighted by Gasteiger charge is -2.31. The molecule has 1 amide bonds. The van der Waals surface area contributed by atoms with Crippen LogP contribution in [0.4, 0.5) is 0 Å².